The van der Waals surface area contributed by atoms with Gasteiger partial charge in [0.15, 0.2) is 0 Å². The molecule has 0 saturated carbocycles. The second kappa shape index (κ2) is 3.87. The zero-order valence-electron chi connectivity index (χ0n) is 8.41. The van der Waals surface area contributed by atoms with Gasteiger partial charge < -0.3 is 10.2 Å². The van der Waals surface area contributed by atoms with E-state index in [2.05, 4.69) is 0 Å². The van der Waals surface area contributed by atoms with Gasteiger partial charge in [-0.15, -0.1) is 0 Å². The minimum atomic E-state index is -0.286. The molecule has 0 spiro atoms. The summed E-state index contributed by atoms with van der Waals surface area (Å²) in [6.45, 7) is 1.86. The van der Waals surface area contributed by atoms with Crippen molar-refractivity contribution in [2.24, 2.45) is 5.73 Å². The third-order valence-electron chi connectivity index (χ3n) is 2.29. The van der Waals surface area contributed by atoms with E-state index in [1.165, 1.54) is 12.1 Å². The van der Waals surface area contributed by atoms with Crippen molar-refractivity contribution in [2.75, 3.05) is 0 Å². The fraction of sp³-hybridized carbons (Fsp3) is 0.167. The summed E-state index contributed by atoms with van der Waals surface area (Å²) in [4.78, 5) is 0. The lowest BCUT2D eigenvalue weighted by molar-refractivity contribution is 0.578. The first-order chi connectivity index (χ1) is 7.18. The van der Waals surface area contributed by atoms with Gasteiger partial charge in [-0.2, -0.15) is 0 Å². The van der Waals surface area contributed by atoms with Crippen LogP contribution in [0.4, 0.5) is 4.39 Å². The van der Waals surface area contributed by atoms with Crippen LogP contribution in [0.15, 0.2) is 41.0 Å². The van der Waals surface area contributed by atoms with E-state index in [1.807, 2.05) is 6.92 Å². The van der Waals surface area contributed by atoms with Gasteiger partial charge in [0, 0.05) is 11.6 Å². The van der Waals surface area contributed by atoms with Crippen molar-refractivity contribution in [1.82, 2.24) is 0 Å². The molecule has 0 saturated heterocycles. The van der Waals surface area contributed by atoms with E-state index in [-0.39, 0.29) is 11.9 Å². The maximum atomic E-state index is 13.1. The lowest BCUT2D eigenvalue weighted by atomic mass is 10.00. The summed E-state index contributed by atoms with van der Waals surface area (Å²) in [6, 6.07) is 7.96. The summed E-state index contributed by atoms with van der Waals surface area (Å²) < 4.78 is 18.4. The van der Waals surface area contributed by atoms with E-state index >= 15 is 0 Å². The van der Waals surface area contributed by atoms with Crippen molar-refractivity contribution in [3.05, 3.63) is 48.0 Å². The monoisotopic (exact) mass is 205 g/mol. The Kier molecular flexibility index (Phi) is 2.56. The molecule has 2 rings (SSSR count). The Morgan fingerprint density at radius 2 is 2.13 bits per heavy atom. The molecule has 1 heterocycles. The van der Waals surface area contributed by atoms with Crippen LogP contribution in [0.2, 0.25) is 0 Å². The Labute approximate surface area is 87.5 Å². The van der Waals surface area contributed by atoms with Crippen LogP contribution in [-0.2, 0) is 0 Å². The van der Waals surface area contributed by atoms with Gasteiger partial charge in [0.1, 0.15) is 11.6 Å². The van der Waals surface area contributed by atoms with Crippen molar-refractivity contribution in [1.29, 1.82) is 0 Å². The molecule has 3 heteroatoms. The van der Waals surface area contributed by atoms with Crippen molar-refractivity contribution in [2.45, 2.75) is 13.0 Å². The molecule has 1 atom stereocenters. The maximum absolute atomic E-state index is 13.1. The smallest absolute Gasteiger partial charge is 0.134 e. The van der Waals surface area contributed by atoms with Crippen LogP contribution >= 0.6 is 0 Å². The lowest BCUT2D eigenvalue weighted by Crippen LogP contribution is -2.06. The Balaban J connectivity index is 2.58. The number of benzene rings is 1. The molecular weight excluding hydrogens is 193 g/mol. The zero-order chi connectivity index (χ0) is 10.8. The number of hydrogen-bond acceptors (Lipinski definition) is 2. The summed E-state index contributed by atoms with van der Waals surface area (Å²) >= 11 is 0. The standard InChI is InChI=1S/C12H12FNO/c1-8(14)10-5-4-9(13)7-11(10)12-3-2-6-15-12/h2-8H,14H2,1H3. The molecule has 2 aromatic rings. The summed E-state index contributed by atoms with van der Waals surface area (Å²) in [7, 11) is 0. The van der Waals surface area contributed by atoms with Gasteiger partial charge in [-0.3, -0.25) is 0 Å². The molecule has 1 aromatic heterocycles. The summed E-state index contributed by atoms with van der Waals surface area (Å²) in [5.74, 6) is 0.354. The largest absolute Gasteiger partial charge is 0.464 e. The summed E-state index contributed by atoms with van der Waals surface area (Å²) in [5, 5.41) is 0. The van der Waals surface area contributed by atoms with Crippen LogP contribution in [0, 0.1) is 5.82 Å². The molecular formula is C12H12FNO. The van der Waals surface area contributed by atoms with E-state index < -0.39 is 0 Å². The highest BCUT2D eigenvalue weighted by molar-refractivity contribution is 5.62. The first-order valence-electron chi connectivity index (χ1n) is 4.77. The third-order valence-corrected chi connectivity index (χ3v) is 2.29. The van der Waals surface area contributed by atoms with Gasteiger partial charge in [-0.25, -0.2) is 4.39 Å². The average Bonchev–Trinajstić information content (AvgIpc) is 2.69. The molecule has 78 valence electrons. The molecule has 15 heavy (non-hydrogen) atoms. The minimum absolute atomic E-state index is 0.148. The highest BCUT2D eigenvalue weighted by atomic mass is 19.1. The fourth-order valence-electron chi connectivity index (χ4n) is 1.57. The van der Waals surface area contributed by atoms with Crippen LogP contribution < -0.4 is 5.73 Å². The number of nitrogens with two attached hydrogens (primary N) is 1. The second-order valence-corrected chi connectivity index (χ2v) is 3.50. The third kappa shape index (κ3) is 1.92. The maximum Gasteiger partial charge on any atom is 0.134 e. The van der Waals surface area contributed by atoms with Gasteiger partial charge in [-0.05, 0) is 36.8 Å². The fourth-order valence-corrected chi connectivity index (χ4v) is 1.57. The number of rotatable bonds is 2. The minimum Gasteiger partial charge on any atom is -0.464 e. The predicted octanol–water partition coefficient (Wildman–Crippen LogP) is 3.11. The van der Waals surface area contributed by atoms with Gasteiger partial charge in [0.2, 0.25) is 0 Å². The van der Waals surface area contributed by atoms with Gasteiger partial charge in [0.25, 0.3) is 0 Å². The van der Waals surface area contributed by atoms with Crippen LogP contribution in [-0.4, -0.2) is 0 Å². The molecule has 0 radical (unpaired) electrons. The van der Waals surface area contributed by atoms with Crippen molar-refractivity contribution < 1.29 is 8.81 Å². The van der Waals surface area contributed by atoms with Crippen molar-refractivity contribution in [3.63, 3.8) is 0 Å². The Bertz CT molecular complexity index is 449. The van der Waals surface area contributed by atoms with Crippen LogP contribution in [0.25, 0.3) is 11.3 Å². The second-order valence-electron chi connectivity index (χ2n) is 3.50. The topological polar surface area (TPSA) is 39.2 Å². The van der Waals surface area contributed by atoms with Crippen LogP contribution in [0.3, 0.4) is 0 Å². The summed E-state index contributed by atoms with van der Waals surface area (Å²) in [5.41, 5.74) is 7.41. The Morgan fingerprint density at radius 1 is 1.33 bits per heavy atom. The average molecular weight is 205 g/mol. The SMILES string of the molecule is CC(N)c1ccc(F)cc1-c1ccco1. The summed E-state index contributed by atoms with van der Waals surface area (Å²) in [6.07, 6.45) is 1.56. The van der Waals surface area contributed by atoms with Gasteiger partial charge in [0.05, 0.1) is 6.26 Å². The van der Waals surface area contributed by atoms with Gasteiger partial charge in [-0.1, -0.05) is 6.07 Å². The van der Waals surface area contributed by atoms with Crippen LogP contribution in [0.1, 0.15) is 18.5 Å². The van der Waals surface area contributed by atoms with E-state index in [0.717, 1.165) is 11.1 Å². The molecule has 0 fully saturated rings. The lowest BCUT2D eigenvalue weighted by Gasteiger charge is -2.10. The molecule has 2 N–H and O–H groups in total. The first kappa shape index (κ1) is 9.93. The zero-order valence-corrected chi connectivity index (χ0v) is 8.41. The number of hydrogen-bond donors (Lipinski definition) is 1. The van der Waals surface area contributed by atoms with Crippen LogP contribution in [0.5, 0.6) is 0 Å². The Morgan fingerprint density at radius 3 is 2.73 bits per heavy atom. The van der Waals surface area contributed by atoms with E-state index in [1.54, 1.807) is 24.5 Å². The van der Waals surface area contributed by atoms with Crippen molar-refractivity contribution in [3.8, 4) is 11.3 Å². The molecule has 0 amide bonds. The van der Waals surface area contributed by atoms with Crippen molar-refractivity contribution >= 4 is 0 Å². The highest BCUT2D eigenvalue weighted by Crippen LogP contribution is 2.28. The molecule has 1 aromatic carbocycles. The molecule has 0 aliphatic rings. The van der Waals surface area contributed by atoms with E-state index in [4.69, 9.17) is 10.2 Å². The van der Waals surface area contributed by atoms with Gasteiger partial charge >= 0.3 is 0 Å². The predicted molar refractivity (Wildman–Crippen MR) is 56.7 cm³/mol. The molecule has 0 aliphatic heterocycles. The normalized spacial score (nSPS) is 12.7. The number of halogens is 1. The molecule has 0 aliphatic carbocycles. The van der Waals surface area contributed by atoms with E-state index in [9.17, 15) is 4.39 Å². The molecule has 1 unspecified atom stereocenters. The first-order valence-corrected chi connectivity index (χ1v) is 4.77. The van der Waals surface area contributed by atoms with E-state index in [0.29, 0.717) is 5.76 Å². The number of furan rings is 1. The highest BCUT2D eigenvalue weighted by Gasteiger charge is 2.11. The molecule has 2 nitrogen and oxygen atoms in total. The quantitative estimate of drug-likeness (QED) is 0.818. The Hall–Kier alpha value is -1.61. The molecule has 0 bridgehead atoms.